The van der Waals surface area contributed by atoms with Gasteiger partial charge >= 0.3 is 0 Å². The van der Waals surface area contributed by atoms with Crippen LogP contribution < -0.4 is 10.3 Å². The first kappa shape index (κ1) is 16.8. The minimum absolute atomic E-state index is 0.0793. The molecule has 118 valence electrons. The quantitative estimate of drug-likeness (QED) is 0.737. The van der Waals surface area contributed by atoms with Crippen molar-refractivity contribution in [2.24, 2.45) is 0 Å². The highest BCUT2D eigenvalue weighted by Gasteiger charge is 2.13. The number of nitrogens with zero attached hydrogens (tertiary/aromatic N) is 1. The Morgan fingerprint density at radius 3 is 2.50 bits per heavy atom. The fourth-order valence-electron chi connectivity index (χ4n) is 1.97. The third-order valence-corrected chi connectivity index (χ3v) is 3.58. The van der Waals surface area contributed by atoms with Crippen molar-refractivity contribution in [1.82, 2.24) is 4.57 Å². The molecule has 1 aromatic heterocycles. The second-order valence-corrected chi connectivity index (χ2v) is 5.67. The van der Waals surface area contributed by atoms with Gasteiger partial charge in [-0.25, -0.2) is 8.78 Å². The van der Waals surface area contributed by atoms with E-state index in [1.54, 1.807) is 42.1 Å². The highest BCUT2D eigenvalue weighted by Crippen LogP contribution is 2.23. The standard InChI is InChI=1S/C15H14ClF2NO2S/c1-22-9-21-11-4-2-10(3-5-11)13-7-6-12(16)15(20)19(13)8-14(17)18/h2-7,14H,8-9H2,1H3. The third-order valence-electron chi connectivity index (χ3n) is 2.94. The van der Waals surface area contributed by atoms with E-state index < -0.39 is 18.5 Å². The Balaban J connectivity index is 2.39. The molecule has 0 aliphatic rings. The van der Waals surface area contributed by atoms with Crippen molar-refractivity contribution in [3.05, 3.63) is 51.8 Å². The number of pyridine rings is 1. The number of rotatable bonds is 6. The van der Waals surface area contributed by atoms with Crippen molar-refractivity contribution in [2.45, 2.75) is 13.0 Å². The highest BCUT2D eigenvalue weighted by molar-refractivity contribution is 7.98. The molecule has 3 nitrogen and oxygen atoms in total. The van der Waals surface area contributed by atoms with E-state index in [0.717, 1.165) is 4.57 Å². The summed E-state index contributed by atoms with van der Waals surface area (Å²) >= 11 is 7.28. The second kappa shape index (κ2) is 7.65. The Morgan fingerprint density at radius 1 is 1.23 bits per heavy atom. The maximum Gasteiger partial charge on any atom is 0.269 e. The molecule has 0 aliphatic carbocycles. The summed E-state index contributed by atoms with van der Waals surface area (Å²) in [5.74, 6) is 1.20. The predicted molar refractivity (Wildman–Crippen MR) is 86.2 cm³/mol. The average Bonchev–Trinajstić information content (AvgIpc) is 2.50. The van der Waals surface area contributed by atoms with Crippen LogP contribution in [-0.2, 0) is 6.54 Å². The fourth-order valence-corrected chi connectivity index (χ4v) is 2.39. The zero-order valence-electron chi connectivity index (χ0n) is 11.8. The van der Waals surface area contributed by atoms with Gasteiger partial charge in [0.05, 0.1) is 12.2 Å². The first-order valence-corrected chi connectivity index (χ1v) is 8.19. The smallest absolute Gasteiger partial charge is 0.269 e. The van der Waals surface area contributed by atoms with Crippen LogP contribution in [0.1, 0.15) is 0 Å². The molecule has 2 aromatic rings. The largest absolute Gasteiger partial charge is 0.483 e. The van der Waals surface area contributed by atoms with Gasteiger partial charge in [0, 0.05) is 0 Å². The normalized spacial score (nSPS) is 11.0. The number of ether oxygens (including phenoxy) is 1. The molecule has 0 bridgehead atoms. The summed E-state index contributed by atoms with van der Waals surface area (Å²) < 4.78 is 31.8. The van der Waals surface area contributed by atoms with Crippen LogP contribution in [-0.4, -0.2) is 23.2 Å². The minimum atomic E-state index is -2.64. The van der Waals surface area contributed by atoms with Crippen LogP contribution in [0.15, 0.2) is 41.2 Å². The molecule has 0 radical (unpaired) electrons. The lowest BCUT2D eigenvalue weighted by molar-refractivity contribution is 0.126. The molecule has 0 amide bonds. The lowest BCUT2D eigenvalue weighted by atomic mass is 10.1. The van der Waals surface area contributed by atoms with Crippen molar-refractivity contribution < 1.29 is 13.5 Å². The number of alkyl halides is 2. The number of hydrogen-bond donors (Lipinski definition) is 0. The number of aromatic nitrogens is 1. The van der Waals surface area contributed by atoms with E-state index in [1.807, 2.05) is 6.26 Å². The minimum Gasteiger partial charge on any atom is -0.483 e. The molecular weight excluding hydrogens is 332 g/mol. The number of halogens is 3. The van der Waals surface area contributed by atoms with E-state index in [2.05, 4.69) is 0 Å². The Bertz CT molecular complexity index is 689. The molecule has 7 heteroatoms. The summed E-state index contributed by atoms with van der Waals surface area (Å²) in [6.45, 7) is -0.695. The van der Waals surface area contributed by atoms with Crippen LogP contribution in [0.5, 0.6) is 5.75 Å². The first-order valence-electron chi connectivity index (χ1n) is 6.42. The Hall–Kier alpha value is -1.53. The maximum absolute atomic E-state index is 12.7. The zero-order chi connectivity index (χ0) is 16.1. The second-order valence-electron chi connectivity index (χ2n) is 4.45. The van der Waals surface area contributed by atoms with E-state index in [4.69, 9.17) is 16.3 Å². The Morgan fingerprint density at radius 2 is 1.91 bits per heavy atom. The summed E-state index contributed by atoms with van der Waals surface area (Å²) in [5.41, 5.74) is 0.416. The van der Waals surface area contributed by atoms with Crippen molar-refractivity contribution >= 4 is 23.4 Å². The van der Waals surface area contributed by atoms with Crippen molar-refractivity contribution in [2.75, 3.05) is 12.2 Å². The first-order chi connectivity index (χ1) is 10.5. The molecule has 0 saturated heterocycles. The van der Waals surface area contributed by atoms with Gasteiger partial charge < -0.3 is 9.30 Å². The Labute approximate surface area is 135 Å². The summed E-state index contributed by atoms with van der Waals surface area (Å²) in [7, 11) is 0. The van der Waals surface area contributed by atoms with E-state index in [9.17, 15) is 13.6 Å². The lowest BCUT2D eigenvalue weighted by Crippen LogP contribution is -2.25. The SMILES string of the molecule is CSCOc1ccc(-c2ccc(Cl)c(=O)n2CC(F)F)cc1. The van der Waals surface area contributed by atoms with Crippen LogP contribution in [0.4, 0.5) is 8.78 Å². The zero-order valence-corrected chi connectivity index (χ0v) is 13.3. The fraction of sp³-hybridized carbons (Fsp3) is 0.267. The molecular formula is C15H14ClF2NO2S. The Kier molecular flexibility index (Phi) is 5.85. The van der Waals surface area contributed by atoms with Gasteiger partial charge in [0.15, 0.2) is 0 Å². The number of thioether (sulfide) groups is 1. The molecule has 0 saturated carbocycles. The average molecular weight is 346 g/mol. The molecule has 0 aliphatic heterocycles. The third kappa shape index (κ3) is 4.01. The van der Waals surface area contributed by atoms with Gasteiger partial charge in [-0.3, -0.25) is 4.79 Å². The van der Waals surface area contributed by atoms with E-state index in [0.29, 0.717) is 22.9 Å². The monoisotopic (exact) mass is 345 g/mol. The molecule has 0 unspecified atom stereocenters. The van der Waals surface area contributed by atoms with Crippen molar-refractivity contribution in [3.8, 4) is 17.0 Å². The van der Waals surface area contributed by atoms with Crippen molar-refractivity contribution in [1.29, 1.82) is 0 Å². The van der Waals surface area contributed by atoms with Crippen LogP contribution in [0, 0.1) is 0 Å². The molecule has 0 spiro atoms. The van der Waals surface area contributed by atoms with Gasteiger partial charge in [0.25, 0.3) is 12.0 Å². The molecule has 1 heterocycles. The summed E-state index contributed by atoms with van der Waals surface area (Å²) in [4.78, 5) is 12.0. The van der Waals surface area contributed by atoms with Crippen LogP contribution >= 0.6 is 23.4 Å². The molecule has 0 atom stereocenters. The van der Waals surface area contributed by atoms with Crippen LogP contribution in [0.2, 0.25) is 5.02 Å². The lowest BCUT2D eigenvalue weighted by Gasteiger charge is -2.13. The van der Waals surface area contributed by atoms with E-state index in [-0.39, 0.29) is 5.02 Å². The van der Waals surface area contributed by atoms with Gasteiger partial charge in [-0.05, 0) is 48.2 Å². The summed E-state index contributed by atoms with van der Waals surface area (Å²) in [5, 5.41) is -0.0793. The molecule has 2 rings (SSSR count). The maximum atomic E-state index is 12.7. The van der Waals surface area contributed by atoms with Gasteiger partial charge in [-0.2, -0.15) is 0 Å². The van der Waals surface area contributed by atoms with Gasteiger partial charge in [-0.15, -0.1) is 11.8 Å². The topological polar surface area (TPSA) is 31.2 Å². The predicted octanol–water partition coefficient (Wildman–Crippen LogP) is 4.13. The van der Waals surface area contributed by atoms with Gasteiger partial charge in [0.2, 0.25) is 0 Å². The van der Waals surface area contributed by atoms with Crippen LogP contribution in [0.25, 0.3) is 11.3 Å². The van der Waals surface area contributed by atoms with Crippen molar-refractivity contribution in [3.63, 3.8) is 0 Å². The van der Waals surface area contributed by atoms with E-state index in [1.165, 1.54) is 6.07 Å². The molecule has 22 heavy (non-hydrogen) atoms. The molecule has 0 fully saturated rings. The van der Waals surface area contributed by atoms with E-state index >= 15 is 0 Å². The van der Waals surface area contributed by atoms with Crippen LogP contribution in [0.3, 0.4) is 0 Å². The molecule has 0 N–H and O–H groups in total. The summed E-state index contributed by atoms with van der Waals surface area (Å²) in [6, 6.07) is 9.89. The molecule has 1 aromatic carbocycles. The van der Waals surface area contributed by atoms with Gasteiger partial charge in [0.1, 0.15) is 16.7 Å². The van der Waals surface area contributed by atoms with Gasteiger partial charge in [-0.1, -0.05) is 11.6 Å². The number of hydrogen-bond acceptors (Lipinski definition) is 3. The summed E-state index contributed by atoms with van der Waals surface area (Å²) in [6.07, 6.45) is -0.718. The highest BCUT2D eigenvalue weighted by atomic mass is 35.5. The number of benzene rings is 1.